The van der Waals surface area contributed by atoms with Gasteiger partial charge in [-0.3, -0.25) is 4.79 Å². The van der Waals surface area contributed by atoms with Crippen LogP contribution in [-0.2, 0) is 6.42 Å². The number of carbonyl (C=O) groups excluding carboxylic acids is 1. The number of hydrogen-bond acceptors (Lipinski definition) is 4. The van der Waals surface area contributed by atoms with E-state index in [1.807, 2.05) is 6.07 Å². The standard InChI is InChI=1S/C15H19N3O2/c19-15(12-7-11-3-6-20-14(11)8-16-12)17-13-9-18-4-1-10(13)2-5-18/h7-8,10,13H,1-6,9H2,(H,17,19)/t13-/m1/s1. The number of ether oxygens (including phenoxy) is 1. The summed E-state index contributed by atoms with van der Waals surface area (Å²) in [4.78, 5) is 19.0. The number of aromatic nitrogens is 1. The Kier molecular flexibility index (Phi) is 2.88. The van der Waals surface area contributed by atoms with Crippen molar-refractivity contribution < 1.29 is 9.53 Å². The molecule has 0 unspecified atom stereocenters. The maximum absolute atomic E-state index is 12.4. The van der Waals surface area contributed by atoms with E-state index in [2.05, 4.69) is 15.2 Å². The molecule has 4 aliphatic rings. The van der Waals surface area contributed by atoms with Crippen LogP contribution in [0, 0.1) is 5.92 Å². The molecular formula is C15H19N3O2. The minimum atomic E-state index is -0.0431. The first kappa shape index (κ1) is 12.1. The largest absolute Gasteiger partial charge is 0.491 e. The summed E-state index contributed by atoms with van der Waals surface area (Å²) in [6.07, 6.45) is 4.96. The Balaban J connectivity index is 1.48. The first-order valence-electron chi connectivity index (χ1n) is 7.44. The molecule has 0 saturated carbocycles. The van der Waals surface area contributed by atoms with Gasteiger partial charge in [-0.25, -0.2) is 4.98 Å². The fourth-order valence-electron chi connectivity index (χ4n) is 3.58. The molecule has 20 heavy (non-hydrogen) atoms. The Morgan fingerprint density at radius 1 is 1.40 bits per heavy atom. The van der Waals surface area contributed by atoms with Crippen molar-refractivity contribution in [1.29, 1.82) is 0 Å². The number of rotatable bonds is 2. The third-order valence-electron chi connectivity index (χ3n) is 4.78. The molecule has 5 nitrogen and oxygen atoms in total. The first-order chi connectivity index (χ1) is 9.79. The van der Waals surface area contributed by atoms with E-state index in [0.717, 1.165) is 24.3 Å². The number of nitrogens with zero attached hydrogens (tertiary/aromatic N) is 2. The topological polar surface area (TPSA) is 54.5 Å². The molecule has 5 heteroatoms. The number of pyridine rings is 1. The third kappa shape index (κ3) is 2.06. The zero-order valence-corrected chi connectivity index (χ0v) is 11.5. The molecular weight excluding hydrogens is 254 g/mol. The predicted octanol–water partition coefficient (Wildman–Crippen LogP) is 0.840. The molecule has 0 spiro atoms. The second-order valence-electron chi connectivity index (χ2n) is 5.99. The van der Waals surface area contributed by atoms with E-state index in [0.29, 0.717) is 18.2 Å². The fourth-order valence-corrected chi connectivity index (χ4v) is 3.58. The number of hydrogen-bond donors (Lipinski definition) is 1. The molecule has 0 aromatic carbocycles. The van der Waals surface area contributed by atoms with E-state index >= 15 is 0 Å². The molecule has 1 atom stereocenters. The number of piperidine rings is 3. The SMILES string of the molecule is O=C(N[C@@H]1CN2CCC1CC2)c1cc2c(cn1)OCC2. The highest BCUT2D eigenvalue weighted by Crippen LogP contribution is 2.28. The fraction of sp³-hybridized carbons (Fsp3) is 0.600. The molecule has 1 aromatic heterocycles. The van der Waals surface area contributed by atoms with Crippen molar-refractivity contribution in [2.45, 2.75) is 25.3 Å². The minimum Gasteiger partial charge on any atom is -0.491 e. The Labute approximate surface area is 118 Å². The molecule has 1 N–H and O–H groups in total. The number of nitrogens with one attached hydrogen (secondary N) is 1. The van der Waals surface area contributed by atoms with Gasteiger partial charge in [0.15, 0.2) is 0 Å². The van der Waals surface area contributed by atoms with Crippen molar-refractivity contribution in [3.05, 3.63) is 23.5 Å². The van der Waals surface area contributed by atoms with Gasteiger partial charge in [0.25, 0.3) is 5.91 Å². The normalized spacial score (nSPS) is 30.7. The Morgan fingerprint density at radius 2 is 2.25 bits per heavy atom. The minimum absolute atomic E-state index is 0.0431. The molecule has 0 aliphatic carbocycles. The van der Waals surface area contributed by atoms with Gasteiger partial charge in [-0.15, -0.1) is 0 Å². The van der Waals surface area contributed by atoms with Gasteiger partial charge < -0.3 is 15.0 Å². The highest BCUT2D eigenvalue weighted by Gasteiger charge is 2.35. The van der Waals surface area contributed by atoms with E-state index in [-0.39, 0.29) is 11.9 Å². The van der Waals surface area contributed by atoms with Gasteiger partial charge >= 0.3 is 0 Å². The quantitative estimate of drug-likeness (QED) is 0.867. The molecule has 3 saturated heterocycles. The Hall–Kier alpha value is -1.62. The maximum atomic E-state index is 12.4. The molecule has 4 aliphatic heterocycles. The second-order valence-corrected chi connectivity index (χ2v) is 5.99. The first-order valence-corrected chi connectivity index (χ1v) is 7.44. The summed E-state index contributed by atoms with van der Waals surface area (Å²) in [6, 6.07) is 2.16. The lowest BCUT2D eigenvalue weighted by molar-refractivity contribution is 0.0617. The number of amides is 1. The van der Waals surface area contributed by atoms with Crippen LogP contribution < -0.4 is 10.1 Å². The lowest BCUT2D eigenvalue weighted by atomic mass is 9.84. The number of fused-ring (bicyclic) bond motifs is 4. The zero-order chi connectivity index (χ0) is 13.5. The number of carbonyl (C=O) groups is 1. The van der Waals surface area contributed by atoms with E-state index in [4.69, 9.17) is 4.74 Å². The molecule has 1 aromatic rings. The third-order valence-corrected chi connectivity index (χ3v) is 4.78. The van der Waals surface area contributed by atoms with Crippen LogP contribution in [0.4, 0.5) is 0 Å². The lowest BCUT2D eigenvalue weighted by Crippen LogP contribution is -2.57. The van der Waals surface area contributed by atoms with Gasteiger partial charge in [-0.2, -0.15) is 0 Å². The van der Waals surface area contributed by atoms with Crippen molar-refractivity contribution in [2.75, 3.05) is 26.2 Å². The predicted molar refractivity (Wildman–Crippen MR) is 73.9 cm³/mol. The van der Waals surface area contributed by atoms with Gasteiger partial charge in [-0.1, -0.05) is 0 Å². The summed E-state index contributed by atoms with van der Waals surface area (Å²) in [7, 11) is 0. The average molecular weight is 273 g/mol. The van der Waals surface area contributed by atoms with Crippen molar-refractivity contribution in [2.24, 2.45) is 5.92 Å². The van der Waals surface area contributed by atoms with Gasteiger partial charge in [0, 0.05) is 24.6 Å². The monoisotopic (exact) mass is 273 g/mol. The highest BCUT2D eigenvalue weighted by atomic mass is 16.5. The van der Waals surface area contributed by atoms with Gasteiger partial charge in [0.05, 0.1) is 12.8 Å². The lowest BCUT2D eigenvalue weighted by Gasteiger charge is -2.44. The zero-order valence-electron chi connectivity index (χ0n) is 11.5. The van der Waals surface area contributed by atoms with Crippen molar-refractivity contribution >= 4 is 5.91 Å². The van der Waals surface area contributed by atoms with Gasteiger partial charge in [0.1, 0.15) is 11.4 Å². The average Bonchev–Trinajstić information content (AvgIpc) is 2.96. The summed E-state index contributed by atoms with van der Waals surface area (Å²) in [5.41, 5.74) is 1.62. The van der Waals surface area contributed by atoms with Crippen molar-refractivity contribution in [3.8, 4) is 5.75 Å². The van der Waals surface area contributed by atoms with Gasteiger partial charge in [-0.05, 0) is 37.9 Å². The molecule has 5 heterocycles. The highest BCUT2D eigenvalue weighted by molar-refractivity contribution is 5.92. The molecule has 1 amide bonds. The Morgan fingerprint density at radius 3 is 3.00 bits per heavy atom. The molecule has 5 rings (SSSR count). The van der Waals surface area contributed by atoms with Crippen molar-refractivity contribution in [3.63, 3.8) is 0 Å². The molecule has 2 bridgehead atoms. The molecule has 106 valence electrons. The van der Waals surface area contributed by atoms with Crippen LogP contribution in [0.5, 0.6) is 5.75 Å². The van der Waals surface area contributed by atoms with Crippen LogP contribution in [-0.4, -0.2) is 48.1 Å². The summed E-state index contributed by atoms with van der Waals surface area (Å²) < 4.78 is 5.42. The Bertz CT molecular complexity index is 538. The molecule has 0 radical (unpaired) electrons. The summed E-state index contributed by atoms with van der Waals surface area (Å²) in [5, 5.41) is 3.17. The smallest absolute Gasteiger partial charge is 0.270 e. The maximum Gasteiger partial charge on any atom is 0.270 e. The van der Waals surface area contributed by atoms with Crippen LogP contribution >= 0.6 is 0 Å². The van der Waals surface area contributed by atoms with Crippen molar-refractivity contribution in [1.82, 2.24) is 15.2 Å². The molecule has 3 fully saturated rings. The van der Waals surface area contributed by atoms with Crippen LogP contribution in [0.3, 0.4) is 0 Å². The van der Waals surface area contributed by atoms with Crippen LogP contribution in [0.2, 0.25) is 0 Å². The van der Waals surface area contributed by atoms with E-state index < -0.39 is 0 Å². The second kappa shape index (κ2) is 4.74. The summed E-state index contributed by atoms with van der Waals surface area (Å²) in [5.74, 6) is 1.42. The van der Waals surface area contributed by atoms with E-state index in [1.165, 1.54) is 25.9 Å². The van der Waals surface area contributed by atoms with Gasteiger partial charge in [0.2, 0.25) is 0 Å². The van der Waals surface area contributed by atoms with Crippen LogP contribution in [0.15, 0.2) is 12.3 Å². The summed E-state index contributed by atoms with van der Waals surface area (Å²) >= 11 is 0. The summed E-state index contributed by atoms with van der Waals surface area (Å²) in [6.45, 7) is 4.06. The van der Waals surface area contributed by atoms with E-state index in [1.54, 1.807) is 6.20 Å². The van der Waals surface area contributed by atoms with Crippen LogP contribution in [0.1, 0.15) is 28.9 Å². The van der Waals surface area contributed by atoms with E-state index in [9.17, 15) is 4.79 Å². The van der Waals surface area contributed by atoms with Crippen LogP contribution in [0.25, 0.3) is 0 Å².